The SMILES string of the molecule is CC1CCN(CCCS)C(=O)C1. The Morgan fingerprint density at radius 1 is 1.67 bits per heavy atom. The van der Waals surface area contributed by atoms with Crippen molar-refractivity contribution >= 4 is 18.5 Å². The van der Waals surface area contributed by atoms with E-state index in [1.165, 1.54) is 0 Å². The van der Waals surface area contributed by atoms with Gasteiger partial charge in [0.25, 0.3) is 0 Å². The normalized spacial score (nSPS) is 24.7. The first kappa shape index (κ1) is 9.90. The van der Waals surface area contributed by atoms with Gasteiger partial charge in [0.15, 0.2) is 0 Å². The highest BCUT2D eigenvalue weighted by Gasteiger charge is 2.21. The Labute approximate surface area is 79.7 Å². The van der Waals surface area contributed by atoms with Crippen LogP contribution in [0.15, 0.2) is 0 Å². The van der Waals surface area contributed by atoms with E-state index in [0.29, 0.717) is 11.8 Å². The van der Waals surface area contributed by atoms with Crippen molar-refractivity contribution in [2.24, 2.45) is 5.92 Å². The van der Waals surface area contributed by atoms with Crippen LogP contribution in [0.3, 0.4) is 0 Å². The van der Waals surface area contributed by atoms with Crippen LogP contribution >= 0.6 is 12.6 Å². The summed E-state index contributed by atoms with van der Waals surface area (Å²) in [6, 6.07) is 0. The smallest absolute Gasteiger partial charge is 0.222 e. The molecule has 1 fully saturated rings. The molecule has 0 aliphatic carbocycles. The lowest BCUT2D eigenvalue weighted by Gasteiger charge is -2.29. The van der Waals surface area contributed by atoms with Gasteiger partial charge in [-0.3, -0.25) is 4.79 Å². The lowest BCUT2D eigenvalue weighted by molar-refractivity contribution is -0.134. The highest BCUT2D eigenvalue weighted by atomic mass is 32.1. The van der Waals surface area contributed by atoms with Crippen LogP contribution in [0.5, 0.6) is 0 Å². The molecule has 1 heterocycles. The number of amides is 1. The van der Waals surface area contributed by atoms with E-state index in [4.69, 9.17) is 0 Å². The van der Waals surface area contributed by atoms with E-state index in [1.807, 2.05) is 4.90 Å². The number of likely N-dealkylation sites (tertiary alicyclic amines) is 1. The molecule has 2 nitrogen and oxygen atoms in total. The summed E-state index contributed by atoms with van der Waals surface area (Å²) in [5.74, 6) is 1.79. The van der Waals surface area contributed by atoms with Gasteiger partial charge in [0.2, 0.25) is 5.91 Å². The second-order valence-corrected chi connectivity index (χ2v) is 4.00. The van der Waals surface area contributed by atoms with Gasteiger partial charge in [0.05, 0.1) is 0 Å². The third-order valence-corrected chi connectivity index (χ3v) is 2.67. The molecule has 0 aromatic carbocycles. The zero-order valence-electron chi connectivity index (χ0n) is 7.62. The van der Waals surface area contributed by atoms with Crippen LogP contribution in [0.2, 0.25) is 0 Å². The third kappa shape index (κ3) is 2.70. The first-order valence-electron chi connectivity index (χ1n) is 4.62. The molecule has 0 spiro atoms. The van der Waals surface area contributed by atoms with Gasteiger partial charge in [-0.15, -0.1) is 0 Å². The Kier molecular flexibility index (Phi) is 3.92. The van der Waals surface area contributed by atoms with Crippen molar-refractivity contribution < 1.29 is 4.79 Å². The molecular formula is C9H17NOS. The quantitative estimate of drug-likeness (QED) is 0.665. The molecule has 0 aromatic rings. The molecule has 1 atom stereocenters. The zero-order chi connectivity index (χ0) is 8.97. The number of carbonyl (C=O) groups excluding carboxylic acids is 1. The van der Waals surface area contributed by atoms with Crippen LogP contribution in [0.1, 0.15) is 26.2 Å². The van der Waals surface area contributed by atoms with Crippen molar-refractivity contribution in [3.05, 3.63) is 0 Å². The first-order valence-corrected chi connectivity index (χ1v) is 5.26. The fourth-order valence-corrected chi connectivity index (χ4v) is 1.67. The third-order valence-electron chi connectivity index (χ3n) is 2.35. The summed E-state index contributed by atoms with van der Waals surface area (Å²) in [5, 5.41) is 0. The van der Waals surface area contributed by atoms with Gasteiger partial charge in [-0.1, -0.05) is 6.92 Å². The van der Waals surface area contributed by atoms with E-state index in [2.05, 4.69) is 19.6 Å². The molecule has 12 heavy (non-hydrogen) atoms. The van der Waals surface area contributed by atoms with Crippen molar-refractivity contribution in [3.63, 3.8) is 0 Å². The number of carbonyl (C=O) groups is 1. The van der Waals surface area contributed by atoms with Crippen LogP contribution in [0.4, 0.5) is 0 Å². The van der Waals surface area contributed by atoms with Crippen molar-refractivity contribution in [1.82, 2.24) is 4.90 Å². The van der Waals surface area contributed by atoms with E-state index in [-0.39, 0.29) is 0 Å². The minimum Gasteiger partial charge on any atom is -0.343 e. The maximum atomic E-state index is 11.4. The van der Waals surface area contributed by atoms with Crippen molar-refractivity contribution in [3.8, 4) is 0 Å². The number of rotatable bonds is 3. The number of thiol groups is 1. The molecule has 3 heteroatoms. The van der Waals surface area contributed by atoms with Crippen LogP contribution < -0.4 is 0 Å². The van der Waals surface area contributed by atoms with Gasteiger partial charge in [-0.25, -0.2) is 0 Å². The van der Waals surface area contributed by atoms with E-state index < -0.39 is 0 Å². The number of piperidine rings is 1. The summed E-state index contributed by atoms with van der Waals surface area (Å²) >= 11 is 4.13. The van der Waals surface area contributed by atoms with Gasteiger partial charge in [0, 0.05) is 19.5 Å². The average Bonchev–Trinajstić information content (AvgIpc) is 2.03. The highest BCUT2D eigenvalue weighted by Crippen LogP contribution is 2.17. The van der Waals surface area contributed by atoms with Crippen LogP contribution in [-0.4, -0.2) is 29.6 Å². The largest absolute Gasteiger partial charge is 0.343 e. The molecular weight excluding hydrogens is 170 g/mol. The average molecular weight is 187 g/mol. The molecule has 0 radical (unpaired) electrons. The van der Waals surface area contributed by atoms with Gasteiger partial charge in [-0.05, 0) is 24.5 Å². The standard InChI is InChI=1S/C9H17NOS/c1-8-3-5-10(4-2-6-12)9(11)7-8/h8,12H,2-7H2,1H3. The van der Waals surface area contributed by atoms with Crippen LogP contribution in [0, 0.1) is 5.92 Å². The molecule has 1 rings (SSSR count). The summed E-state index contributed by atoms with van der Waals surface area (Å²) < 4.78 is 0. The van der Waals surface area contributed by atoms with E-state index in [0.717, 1.165) is 38.1 Å². The lowest BCUT2D eigenvalue weighted by atomic mass is 9.98. The second kappa shape index (κ2) is 4.75. The van der Waals surface area contributed by atoms with Crippen molar-refractivity contribution in [2.75, 3.05) is 18.8 Å². The number of nitrogens with zero attached hydrogens (tertiary/aromatic N) is 1. The zero-order valence-corrected chi connectivity index (χ0v) is 8.52. The summed E-state index contributed by atoms with van der Waals surface area (Å²) in [7, 11) is 0. The van der Waals surface area contributed by atoms with Crippen LogP contribution in [0.25, 0.3) is 0 Å². The van der Waals surface area contributed by atoms with Crippen molar-refractivity contribution in [1.29, 1.82) is 0 Å². The predicted octanol–water partition coefficient (Wildman–Crippen LogP) is 1.56. The fourth-order valence-electron chi connectivity index (χ4n) is 1.53. The maximum Gasteiger partial charge on any atom is 0.222 e. The van der Waals surface area contributed by atoms with Gasteiger partial charge in [0.1, 0.15) is 0 Å². The fraction of sp³-hybridized carbons (Fsp3) is 0.889. The number of hydrogen-bond acceptors (Lipinski definition) is 2. The molecule has 1 aliphatic heterocycles. The molecule has 1 aliphatic rings. The van der Waals surface area contributed by atoms with E-state index in [9.17, 15) is 4.79 Å². The summed E-state index contributed by atoms with van der Waals surface area (Å²) in [6.07, 6.45) is 2.92. The van der Waals surface area contributed by atoms with E-state index in [1.54, 1.807) is 0 Å². The molecule has 1 amide bonds. The first-order chi connectivity index (χ1) is 5.74. The predicted molar refractivity (Wildman–Crippen MR) is 53.4 cm³/mol. The monoisotopic (exact) mass is 187 g/mol. The second-order valence-electron chi connectivity index (χ2n) is 3.56. The Balaban J connectivity index is 2.30. The minimum absolute atomic E-state index is 0.329. The lowest BCUT2D eigenvalue weighted by Crippen LogP contribution is -2.38. The maximum absolute atomic E-state index is 11.4. The minimum atomic E-state index is 0.329. The summed E-state index contributed by atoms with van der Waals surface area (Å²) in [4.78, 5) is 13.4. The Bertz CT molecular complexity index is 159. The van der Waals surface area contributed by atoms with Crippen LogP contribution in [-0.2, 0) is 4.79 Å². The van der Waals surface area contributed by atoms with Crippen molar-refractivity contribution in [2.45, 2.75) is 26.2 Å². The van der Waals surface area contributed by atoms with Gasteiger partial charge < -0.3 is 4.90 Å². The van der Waals surface area contributed by atoms with E-state index >= 15 is 0 Å². The molecule has 0 aromatic heterocycles. The Morgan fingerprint density at radius 2 is 2.42 bits per heavy atom. The Hall–Kier alpha value is -0.180. The Morgan fingerprint density at radius 3 is 3.00 bits per heavy atom. The molecule has 70 valence electrons. The molecule has 0 saturated carbocycles. The highest BCUT2D eigenvalue weighted by molar-refractivity contribution is 7.80. The van der Waals surface area contributed by atoms with Gasteiger partial charge >= 0.3 is 0 Å². The summed E-state index contributed by atoms with van der Waals surface area (Å²) in [6.45, 7) is 4.00. The molecule has 1 saturated heterocycles. The molecule has 0 N–H and O–H groups in total. The number of hydrogen-bond donors (Lipinski definition) is 1. The molecule has 1 unspecified atom stereocenters. The molecule has 0 bridgehead atoms. The topological polar surface area (TPSA) is 20.3 Å². The van der Waals surface area contributed by atoms with Gasteiger partial charge in [-0.2, -0.15) is 12.6 Å². The summed E-state index contributed by atoms with van der Waals surface area (Å²) in [5.41, 5.74) is 0.